The van der Waals surface area contributed by atoms with E-state index in [0.29, 0.717) is 17.8 Å². The lowest BCUT2D eigenvalue weighted by Gasteiger charge is -2.58. The smallest absolute Gasteiger partial charge is 0.0656 e. The first-order valence-corrected chi connectivity index (χ1v) is 12.4. The Hall–Kier alpha value is -0.640. The molecule has 170 valence electrons. The highest BCUT2D eigenvalue weighted by Gasteiger charge is 2.61. The molecule has 0 unspecified atom stereocenters. The molecule has 0 amide bonds. The quantitative estimate of drug-likeness (QED) is 0.538. The van der Waals surface area contributed by atoms with Gasteiger partial charge in [-0.1, -0.05) is 37.1 Å². The summed E-state index contributed by atoms with van der Waals surface area (Å²) < 4.78 is 0. The maximum absolute atomic E-state index is 11.5. The van der Waals surface area contributed by atoms with Crippen molar-refractivity contribution in [3.8, 4) is 0 Å². The normalized spacial score (nSPS) is 47.4. The van der Waals surface area contributed by atoms with Crippen LogP contribution < -0.4 is 0 Å². The van der Waals surface area contributed by atoms with Gasteiger partial charge in [0.2, 0.25) is 0 Å². The van der Waals surface area contributed by atoms with Crippen LogP contribution in [0.5, 0.6) is 0 Å². The van der Waals surface area contributed by atoms with Crippen LogP contribution in [0.1, 0.15) is 92.4 Å². The summed E-state index contributed by atoms with van der Waals surface area (Å²) in [6, 6.07) is 0. The van der Waals surface area contributed by atoms with Crippen LogP contribution in [0, 0.1) is 34.5 Å². The third kappa shape index (κ3) is 3.53. The van der Waals surface area contributed by atoms with Gasteiger partial charge in [-0.05, 0) is 113 Å². The zero-order chi connectivity index (χ0) is 21.9. The molecule has 3 nitrogen and oxygen atoms in total. The molecule has 0 bridgehead atoms. The van der Waals surface area contributed by atoms with Crippen molar-refractivity contribution >= 4 is 0 Å². The Bertz CT molecular complexity index is 718. The SMILES string of the molecule is CC(C)=CCC[C@@](C)(O)[C@H]1CC[C@H]2[C@@H]3C[C@H](O)[C@H]4C[C@@H](O)CC[C@]4(C)C3=CC[C@@]21C. The van der Waals surface area contributed by atoms with Gasteiger partial charge in [0.25, 0.3) is 0 Å². The van der Waals surface area contributed by atoms with Crippen molar-refractivity contribution in [1.82, 2.24) is 0 Å². The van der Waals surface area contributed by atoms with Crippen LogP contribution in [0.15, 0.2) is 23.3 Å². The molecule has 3 N–H and O–H groups in total. The van der Waals surface area contributed by atoms with E-state index in [-0.39, 0.29) is 29.0 Å². The highest BCUT2D eigenvalue weighted by molar-refractivity contribution is 5.30. The van der Waals surface area contributed by atoms with Crippen LogP contribution >= 0.6 is 0 Å². The molecule has 0 aliphatic heterocycles. The molecule has 0 aromatic carbocycles. The van der Waals surface area contributed by atoms with Crippen LogP contribution in [-0.4, -0.2) is 33.1 Å². The van der Waals surface area contributed by atoms with E-state index < -0.39 is 5.60 Å². The maximum atomic E-state index is 11.5. The van der Waals surface area contributed by atoms with E-state index in [9.17, 15) is 15.3 Å². The molecule has 4 aliphatic carbocycles. The molecule has 0 heterocycles. The molecule has 30 heavy (non-hydrogen) atoms. The Morgan fingerprint density at radius 2 is 1.87 bits per heavy atom. The number of aliphatic hydroxyl groups is 3. The molecular weight excluding hydrogens is 372 g/mol. The fraction of sp³-hybridized carbons (Fsp3) is 0.852. The Kier molecular flexibility index (Phi) is 5.82. The summed E-state index contributed by atoms with van der Waals surface area (Å²) in [6.45, 7) is 11.1. The molecule has 3 fully saturated rings. The largest absolute Gasteiger partial charge is 0.393 e. The minimum atomic E-state index is -0.643. The van der Waals surface area contributed by atoms with Crippen molar-refractivity contribution in [2.24, 2.45) is 34.5 Å². The third-order valence-electron chi connectivity index (χ3n) is 9.97. The van der Waals surface area contributed by atoms with Crippen LogP contribution in [0.3, 0.4) is 0 Å². The number of hydrogen-bond acceptors (Lipinski definition) is 3. The summed E-state index contributed by atoms with van der Waals surface area (Å²) >= 11 is 0. The van der Waals surface area contributed by atoms with Gasteiger partial charge in [-0.3, -0.25) is 0 Å². The first-order valence-electron chi connectivity index (χ1n) is 12.4. The van der Waals surface area contributed by atoms with Crippen LogP contribution in [0.4, 0.5) is 0 Å². The predicted molar refractivity (Wildman–Crippen MR) is 122 cm³/mol. The second-order valence-electron chi connectivity index (χ2n) is 12.1. The molecule has 0 aromatic heterocycles. The maximum Gasteiger partial charge on any atom is 0.0656 e. The first kappa shape index (κ1) is 22.6. The summed E-state index contributed by atoms with van der Waals surface area (Å²) in [6.07, 6.45) is 12.7. The van der Waals surface area contributed by atoms with Crippen molar-refractivity contribution in [1.29, 1.82) is 0 Å². The topological polar surface area (TPSA) is 60.7 Å². The lowest BCUT2D eigenvalue weighted by Crippen LogP contribution is -2.54. The van der Waals surface area contributed by atoms with Crippen LogP contribution in [0.25, 0.3) is 0 Å². The van der Waals surface area contributed by atoms with Crippen LogP contribution in [-0.2, 0) is 0 Å². The van der Waals surface area contributed by atoms with Gasteiger partial charge in [0, 0.05) is 0 Å². The summed E-state index contributed by atoms with van der Waals surface area (Å²) in [5.41, 5.74) is 2.41. The van der Waals surface area contributed by atoms with Crippen molar-refractivity contribution < 1.29 is 15.3 Å². The second kappa shape index (κ2) is 7.74. The summed E-state index contributed by atoms with van der Waals surface area (Å²) in [5, 5.41) is 32.9. The van der Waals surface area contributed by atoms with Crippen LogP contribution in [0.2, 0.25) is 0 Å². The summed E-state index contributed by atoms with van der Waals surface area (Å²) in [4.78, 5) is 0. The van der Waals surface area contributed by atoms with E-state index in [2.05, 4.69) is 46.8 Å². The number of aliphatic hydroxyl groups excluding tert-OH is 2. The molecule has 4 rings (SSSR count). The van der Waals surface area contributed by atoms with Gasteiger partial charge in [0.1, 0.15) is 0 Å². The average Bonchev–Trinajstić information content (AvgIpc) is 3.01. The van der Waals surface area contributed by atoms with Gasteiger partial charge in [-0.2, -0.15) is 0 Å². The van der Waals surface area contributed by atoms with E-state index in [1.54, 1.807) is 5.57 Å². The number of rotatable bonds is 4. The highest BCUT2D eigenvalue weighted by Crippen LogP contribution is 2.66. The molecular formula is C27H44O3. The van der Waals surface area contributed by atoms with Crippen molar-refractivity contribution in [2.45, 2.75) is 110 Å². The van der Waals surface area contributed by atoms with Crippen molar-refractivity contribution in [3.05, 3.63) is 23.3 Å². The van der Waals surface area contributed by atoms with E-state index in [1.165, 1.54) is 5.57 Å². The van der Waals surface area contributed by atoms with Gasteiger partial charge in [-0.15, -0.1) is 0 Å². The fourth-order valence-corrected chi connectivity index (χ4v) is 8.40. The van der Waals surface area contributed by atoms with E-state index in [4.69, 9.17) is 0 Å². The summed E-state index contributed by atoms with van der Waals surface area (Å²) in [5.74, 6) is 1.50. The molecule has 3 saturated carbocycles. The zero-order valence-corrected chi connectivity index (χ0v) is 19.8. The first-order chi connectivity index (χ1) is 14.0. The average molecular weight is 417 g/mol. The van der Waals surface area contributed by atoms with E-state index in [0.717, 1.165) is 57.8 Å². The Labute approximate surface area is 183 Å². The van der Waals surface area contributed by atoms with Crippen molar-refractivity contribution in [2.75, 3.05) is 0 Å². The van der Waals surface area contributed by atoms with Gasteiger partial charge in [-0.25, -0.2) is 0 Å². The minimum absolute atomic E-state index is 0.0347. The number of allylic oxidation sites excluding steroid dienone is 4. The Morgan fingerprint density at radius 1 is 1.13 bits per heavy atom. The fourth-order valence-electron chi connectivity index (χ4n) is 8.40. The van der Waals surface area contributed by atoms with Gasteiger partial charge in [0.15, 0.2) is 0 Å². The molecule has 9 atom stereocenters. The summed E-state index contributed by atoms with van der Waals surface area (Å²) in [7, 11) is 0. The number of hydrogen-bond donors (Lipinski definition) is 3. The standard InChI is InChI=1S/C27H44O3/c1-17(2)7-6-12-27(5,30)24-9-8-20-19-16-23(29)22-15-18(28)10-13-25(22,3)21(19)11-14-26(20,24)4/h7,11,18-20,22-24,28-30H,6,8-10,12-16H2,1-5H3/t18-,19-,20-,22+,23-,24-,25+,26-,27+/m0/s1. The highest BCUT2D eigenvalue weighted by atomic mass is 16.3. The molecule has 3 heteroatoms. The molecule has 4 aliphatic rings. The monoisotopic (exact) mass is 416 g/mol. The zero-order valence-electron chi connectivity index (χ0n) is 19.8. The number of fused-ring (bicyclic) bond motifs is 5. The van der Waals surface area contributed by atoms with Gasteiger partial charge >= 0.3 is 0 Å². The molecule has 0 spiro atoms. The Balaban J connectivity index is 1.60. The third-order valence-corrected chi connectivity index (χ3v) is 9.97. The lowest BCUT2D eigenvalue weighted by atomic mass is 9.47. The molecule has 0 saturated heterocycles. The van der Waals surface area contributed by atoms with Crippen molar-refractivity contribution in [3.63, 3.8) is 0 Å². The van der Waals surface area contributed by atoms with E-state index in [1.807, 2.05) is 0 Å². The van der Waals surface area contributed by atoms with E-state index >= 15 is 0 Å². The predicted octanol–water partition coefficient (Wildman–Crippen LogP) is 5.39. The minimum Gasteiger partial charge on any atom is -0.393 e. The Morgan fingerprint density at radius 3 is 2.57 bits per heavy atom. The molecule has 0 radical (unpaired) electrons. The molecule has 0 aromatic rings. The van der Waals surface area contributed by atoms with Gasteiger partial charge in [0.05, 0.1) is 17.8 Å². The lowest BCUT2D eigenvalue weighted by molar-refractivity contribution is -0.0975. The van der Waals surface area contributed by atoms with Gasteiger partial charge < -0.3 is 15.3 Å². The second-order valence-corrected chi connectivity index (χ2v) is 12.1.